The van der Waals surface area contributed by atoms with Crippen molar-refractivity contribution in [1.29, 1.82) is 0 Å². The minimum absolute atomic E-state index is 0.0739. The minimum atomic E-state index is -0.0739. The van der Waals surface area contributed by atoms with Crippen LogP contribution in [-0.4, -0.2) is 28.1 Å². The Kier molecular flexibility index (Phi) is 7.65. The second-order valence-electron chi connectivity index (χ2n) is 6.47. The molecule has 0 aliphatic carbocycles. The first kappa shape index (κ1) is 22.2. The lowest BCUT2D eigenvalue weighted by Gasteiger charge is -2.08. The van der Waals surface area contributed by atoms with Gasteiger partial charge in [0, 0.05) is 10.6 Å². The van der Waals surface area contributed by atoms with E-state index in [9.17, 15) is 4.79 Å². The number of carbonyl (C=O) groups excluding carboxylic acids is 1. The Hall–Kier alpha value is -3.01. The van der Waals surface area contributed by atoms with Crippen LogP contribution in [0.25, 0.3) is 0 Å². The van der Waals surface area contributed by atoms with E-state index in [0.29, 0.717) is 5.13 Å². The van der Waals surface area contributed by atoms with Crippen LogP contribution in [0.2, 0.25) is 0 Å². The molecule has 32 heavy (non-hydrogen) atoms. The number of hydrogen-bond acceptors (Lipinski definition) is 8. The van der Waals surface area contributed by atoms with Crippen molar-refractivity contribution >= 4 is 57.3 Å². The topological polar surface area (TPSA) is 76.1 Å². The van der Waals surface area contributed by atoms with Gasteiger partial charge in [-0.1, -0.05) is 53.4 Å². The van der Waals surface area contributed by atoms with E-state index in [4.69, 9.17) is 4.74 Å². The molecule has 1 aromatic heterocycles. The first-order valence-corrected chi connectivity index (χ1v) is 12.7. The molecule has 0 unspecified atom stereocenters. The maximum absolute atomic E-state index is 12.3. The normalized spacial score (nSPS) is 10.5. The highest BCUT2D eigenvalue weighted by atomic mass is 32.2. The van der Waals surface area contributed by atoms with E-state index in [0.717, 1.165) is 32.1 Å². The molecule has 2 N–H and O–H groups in total. The van der Waals surface area contributed by atoms with Crippen LogP contribution in [0.15, 0.2) is 88.1 Å². The Bertz CT molecular complexity index is 1170. The Morgan fingerprint density at radius 1 is 0.938 bits per heavy atom. The van der Waals surface area contributed by atoms with Crippen molar-refractivity contribution in [2.45, 2.75) is 9.24 Å². The summed E-state index contributed by atoms with van der Waals surface area (Å²) in [4.78, 5) is 13.3. The number of anilines is 3. The molecule has 0 saturated heterocycles. The zero-order valence-corrected chi connectivity index (χ0v) is 19.6. The van der Waals surface area contributed by atoms with E-state index in [1.165, 1.54) is 23.1 Å². The van der Waals surface area contributed by atoms with Crippen LogP contribution < -0.4 is 15.4 Å². The molecule has 0 saturated carbocycles. The van der Waals surface area contributed by atoms with E-state index in [-0.39, 0.29) is 11.7 Å². The lowest BCUT2D eigenvalue weighted by molar-refractivity contribution is -0.113. The van der Waals surface area contributed by atoms with E-state index < -0.39 is 0 Å². The predicted octanol–water partition coefficient (Wildman–Crippen LogP) is 6.53. The van der Waals surface area contributed by atoms with Crippen LogP contribution in [0.1, 0.15) is 0 Å². The maximum Gasteiger partial charge on any atom is 0.234 e. The minimum Gasteiger partial charge on any atom is -0.457 e. The molecular formula is C23H20N4O2S3. The fourth-order valence-corrected chi connectivity index (χ4v) is 4.86. The van der Waals surface area contributed by atoms with Gasteiger partial charge >= 0.3 is 0 Å². The fraction of sp³-hybridized carbons (Fsp3) is 0.0870. The first-order chi connectivity index (χ1) is 15.7. The molecule has 0 aliphatic rings. The molecule has 0 fully saturated rings. The molecule has 9 heteroatoms. The third-order valence-corrected chi connectivity index (χ3v) is 6.97. The fourth-order valence-electron chi connectivity index (χ4n) is 2.73. The van der Waals surface area contributed by atoms with Crippen molar-refractivity contribution in [3.05, 3.63) is 78.9 Å². The van der Waals surface area contributed by atoms with Crippen molar-refractivity contribution in [2.75, 3.05) is 22.6 Å². The predicted molar refractivity (Wildman–Crippen MR) is 134 cm³/mol. The van der Waals surface area contributed by atoms with Crippen molar-refractivity contribution in [3.63, 3.8) is 0 Å². The molecule has 0 aliphatic heterocycles. The quantitative estimate of drug-likeness (QED) is 0.264. The average Bonchev–Trinajstić information content (AvgIpc) is 3.27. The van der Waals surface area contributed by atoms with Gasteiger partial charge in [0.05, 0.1) is 11.4 Å². The Morgan fingerprint density at radius 3 is 2.44 bits per heavy atom. The lowest BCUT2D eigenvalue weighted by atomic mass is 10.3. The molecule has 0 spiro atoms. The summed E-state index contributed by atoms with van der Waals surface area (Å²) in [5.41, 5.74) is 1.70. The lowest BCUT2D eigenvalue weighted by Crippen LogP contribution is -2.14. The Labute approximate surface area is 198 Å². The van der Waals surface area contributed by atoms with Gasteiger partial charge in [-0.25, -0.2) is 0 Å². The summed E-state index contributed by atoms with van der Waals surface area (Å²) in [6, 6.07) is 25.0. The number of ether oxygens (including phenoxy) is 1. The van der Waals surface area contributed by atoms with E-state index >= 15 is 0 Å². The van der Waals surface area contributed by atoms with Crippen molar-refractivity contribution in [2.24, 2.45) is 0 Å². The molecule has 1 amide bonds. The summed E-state index contributed by atoms with van der Waals surface area (Å²) >= 11 is 4.37. The third kappa shape index (κ3) is 6.25. The van der Waals surface area contributed by atoms with Gasteiger partial charge in [-0.15, -0.1) is 22.0 Å². The number of benzene rings is 3. The van der Waals surface area contributed by atoms with Crippen LogP contribution in [0, 0.1) is 0 Å². The Morgan fingerprint density at radius 2 is 1.66 bits per heavy atom. The highest BCUT2D eigenvalue weighted by molar-refractivity contribution is 8.01. The summed E-state index contributed by atoms with van der Waals surface area (Å²) in [6.45, 7) is 0. The molecule has 1 heterocycles. The van der Waals surface area contributed by atoms with Crippen LogP contribution >= 0.6 is 34.9 Å². The molecule has 3 aromatic carbocycles. The van der Waals surface area contributed by atoms with Gasteiger partial charge < -0.3 is 15.4 Å². The number of hydrogen-bond donors (Lipinski definition) is 2. The molecule has 0 bridgehead atoms. The molecular weight excluding hydrogens is 460 g/mol. The van der Waals surface area contributed by atoms with Crippen LogP contribution in [0.5, 0.6) is 11.5 Å². The number of amides is 1. The summed E-state index contributed by atoms with van der Waals surface area (Å²) in [5, 5.41) is 15.2. The van der Waals surface area contributed by atoms with Crippen molar-refractivity contribution in [3.8, 4) is 11.5 Å². The molecule has 162 valence electrons. The van der Waals surface area contributed by atoms with Crippen molar-refractivity contribution in [1.82, 2.24) is 10.2 Å². The van der Waals surface area contributed by atoms with Crippen LogP contribution in [0.4, 0.5) is 16.5 Å². The smallest absolute Gasteiger partial charge is 0.234 e. The van der Waals surface area contributed by atoms with Gasteiger partial charge in [-0.3, -0.25) is 4.79 Å². The number of para-hydroxylation sites is 2. The number of thioether (sulfide) groups is 2. The highest BCUT2D eigenvalue weighted by Gasteiger charge is 2.10. The van der Waals surface area contributed by atoms with Gasteiger partial charge in [0.2, 0.25) is 11.0 Å². The summed E-state index contributed by atoms with van der Waals surface area (Å²) in [7, 11) is 0. The zero-order valence-electron chi connectivity index (χ0n) is 17.1. The summed E-state index contributed by atoms with van der Waals surface area (Å²) < 4.78 is 6.53. The highest BCUT2D eigenvalue weighted by Crippen LogP contribution is 2.30. The third-order valence-electron chi connectivity index (χ3n) is 4.20. The standard InChI is InChI=1S/C23H20N4O2S3/c1-30-20-10-6-5-9-19(20)25-21(28)15-31-23-27-26-22(32-23)24-16-11-13-18(14-12-16)29-17-7-3-2-4-8-17/h2-14H,15H2,1H3,(H,24,26)(H,25,28). The molecule has 6 nitrogen and oxygen atoms in total. The SMILES string of the molecule is CSc1ccccc1NC(=O)CSc1nnc(Nc2ccc(Oc3ccccc3)cc2)s1. The van der Waals surface area contributed by atoms with E-state index in [2.05, 4.69) is 20.8 Å². The number of rotatable bonds is 9. The summed E-state index contributed by atoms with van der Waals surface area (Å²) in [6.07, 6.45) is 1.99. The average molecular weight is 481 g/mol. The largest absolute Gasteiger partial charge is 0.457 e. The zero-order chi connectivity index (χ0) is 22.2. The van der Waals surface area contributed by atoms with Gasteiger partial charge in [0.1, 0.15) is 11.5 Å². The number of nitrogens with zero attached hydrogens (tertiary/aromatic N) is 2. The Balaban J connectivity index is 1.28. The number of aromatic nitrogens is 2. The van der Waals surface area contributed by atoms with Crippen molar-refractivity contribution < 1.29 is 9.53 Å². The monoisotopic (exact) mass is 480 g/mol. The summed E-state index contributed by atoms with van der Waals surface area (Å²) in [5.74, 6) is 1.74. The molecule has 4 rings (SSSR count). The first-order valence-electron chi connectivity index (χ1n) is 9.69. The van der Waals surface area contributed by atoms with Gasteiger partial charge in [-0.2, -0.15) is 0 Å². The molecule has 0 radical (unpaired) electrons. The van der Waals surface area contributed by atoms with Crippen LogP contribution in [-0.2, 0) is 4.79 Å². The second-order valence-corrected chi connectivity index (χ2v) is 9.52. The number of nitrogens with one attached hydrogen (secondary N) is 2. The van der Waals surface area contributed by atoms with Gasteiger partial charge in [-0.05, 0) is 54.8 Å². The van der Waals surface area contributed by atoms with E-state index in [1.807, 2.05) is 85.1 Å². The molecule has 0 atom stereocenters. The number of carbonyl (C=O) groups is 1. The molecule has 4 aromatic rings. The van der Waals surface area contributed by atoms with Gasteiger partial charge in [0.25, 0.3) is 0 Å². The second kappa shape index (κ2) is 11.0. The van der Waals surface area contributed by atoms with E-state index in [1.54, 1.807) is 11.8 Å². The van der Waals surface area contributed by atoms with Gasteiger partial charge in [0.15, 0.2) is 4.34 Å². The van der Waals surface area contributed by atoms with Crippen LogP contribution in [0.3, 0.4) is 0 Å². The maximum atomic E-state index is 12.3.